The molecule has 1 atom stereocenters. The van der Waals surface area contributed by atoms with Crippen LogP contribution in [0.3, 0.4) is 0 Å². The number of carbonyl (C=O) groups is 2. The Labute approximate surface area is 110 Å². The summed E-state index contributed by atoms with van der Waals surface area (Å²) in [5.74, 6) is -0.396. The number of rotatable bonds is 3. The van der Waals surface area contributed by atoms with Crippen LogP contribution in [0.5, 0.6) is 0 Å². The summed E-state index contributed by atoms with van der Waals surface area (Å²) in [6.07, 6.45) is 1.94. The van der Waals surface area contributed by atoms with Crippen LogP contribution in [-0.2, 0) is 9.59 Å². The van der Waals surface area contributed by atoms with Gasteiger partial charge in [0.05, 0.1) is 5.25 Å². The fraction of sp³-hybridized carbons (Fsp3) is 0.583. The Morgan fingerprint density at radius 2 is 2.28 bits per heavy atom. The number of nitrogens with zero attached hydrogens (tertiary/aromatic N) is 2. The molecular weight excluding hydrogens is 250 g/mol. The molecule has 5 nitrogen and oxygen atoms in total. The molecule has 1 saturated carbocycles. The van der Waals surface area contributed by atoms with Gasteiger partial charge in [-0.25, -0.2) is 0 Å². The largest absolute Gasteiger partial charge is 0.349 e. The van der Waals surface area contributed by atoms with E-state index in [4.69, 9.17) is 5.26 Å². The van der Waals surface area contributed by atoms with Gasteiger partial charge in [0.25, 0.3) is 5.91 Å². The summed E-state index contributed by atoms with van der Waals surface area (Å²) in [5.41, 5.74) is 0.0615. The van der Waals surface area contributed by atoms with Gasteiger partial charge in [-0.1, -0.05) is 11.8 Å². The molecule has 1 heterocycles. The highest BCUT2D eigenvalue weighted by Gasteiger charge is 2.37. The van der Waals surface area contributed by atoms with Gasteiger partial charge in [-0.15, -0.1) is 0 Å². The molecule has 2 aliphatic rings. The van der Waals surface area contributed by atoms with Crippen molar-refractivity contribution in [2.24, 2.45) is 0 Å². The zero-order valence-electron chi connectivity index (χ0n) is 10.4. The van der Waals surface area contributed by atoms with Gasteiger partial charge in [0.1, 0.15) is 16.7 Å². The lowest BCUT2D eigenvalue weighted by Crippen LogP contribution is -2.31. The lowest BCUT2D eigenvalue weighted by atomic mass is 10.2. The minimum absolute atomic E-state index is 0.0375. The van der Waals surface area contributed by atoms with E-state index in [2.05, 4.69) is 5.32 Å². The molecule has 6 heteroatoms. The third-order valence-electron chi connectivity index (χ3n) is 2.93. The van der Waals surface area contributed by atoms with Crippen molar-refractivity contribution in [2.75, 3.05) is 6.54 Å². The number of hydrogen-bond acceptors (Lipinski definition) is 4. The van der Waals surface area contributed by atoms with E-state index < -0.39 is 0 Å². The van der Waals surface area contributed by atoms with E-state index in [0.29, 0.717) is 11.6 Å². The average molecular weight is 265 g/mol. The van der Waals surface area contributed by atoms with E-state index in [0.717, 1.165) is 12.8 Å². The van der Waals surface area contributed by atoms with Gasteiger partial charge in [0.15, 0.2) is 0 Å². The second-order valence-electron chi connectivity index (χ2n) is 4.38. The van der Waals surface area contributed by atoms with E-state index in [1.54, 1.807) is 6.92 Å². The molecule has 0 aromatic rings. The van der Waals surface area contributed by atoms with Gasteiger partial charge in [-0.05, 0) is 26.7 Å². The normalized spacial score (nSPS) is 25.9. The van der Waals surface area contributed by atoms with E-state index in [-0.39, 0.29) is 28.7 Å². The lowest BCUT2D eigenvalue weighted by Gasteiger charge is -2.15. The van der Waals surface area contributed by atoms with Crippen molar-refractivity contribution in [3.05, 3.63) is 10.6 Å². The second kappa shape index (κ2) is 5.02. The van der Waals surface area contributed by atoms with E-state index in [1.165, 1.54) is 16.7 Å². The van der Waals surface area contributed by atoms with Crippen LogP contribution in [0.25, 0.3) is 0 Å². The van der Waals surface area contributed by atoms with Crippen molar-refractivity contribution in [3.63, 3.8) is 0 Å². The van der Waals surface area contributed by atoms with Crippen LogP contribution < -0.4 is 5.32 Å². The second-order valence-corrected chi connectivity index (χ2v) is 5.71. The summed E-state index contributed by atoms with van der Waals surface area (Å²) in [6.45, 7) is 4.11. The Bertz CT molecular complexity index is 462. The standard InChI is InChI=1S/C12H15N3O2S/c1-3-15-11(17)7(2)18-12(15)9(6-13)10(16)14-8-4-5-8/h7-8H,3-5H2,1-2H3,(H,14,16)/b12-9-. The van der Waals surface area contributed by atoms with Gasteiger partial charge >= 0.3 is 0 Å². The van der Waals surface area contributed by atoms with E-state index in [1.807, 2.05) is 13.0 Å². The molecule has 2 rings (SSSR count). The predicted octanol–water partition coefficient (Wildman–Crippen LogP) is 0.984. The van der Waals surface area contributed by atoms with Crippen LogP contribution in [0.2, 0.25) is 0 Å². The average Bonchev–Trinajstić information content (AvgIpc) is 3.09. The van der Waals surface area contributed by atoms with Gasteiger partial charge in [-0.2, -0.15) is 5.26 Å². The van der Waals surface area contributed by atoms with Crippen molar-refractivity contribution in [1.82, 2.24) is 10.2 Å². The third-order valence-corrected chi connectivity index (χ3v) is 4.13. The van der Waals surface area contributed by atoms with E-state index in [9.17, 15) is 9.59 Å². The fourth-order valence-corrected chi connectivity index (χ4v) is 2.94. The highest BCUT2D eigenvalue weighted by Crippen LogP contribution is 2.36. The number of amides is 2. The van der Waals surface area contributed by atoms with Crippen LogP contribution in [-0.4, -0.2) is 34.6 Å². The molecule has 96 valence electrons. The molecular formula is C12H15N3O2S. The van der Waals surface area contributed by atoms with Crippen LogP contribution in [0.15, 0.2) is 10.6 Å². The number of nitrogens with one attached hydrogen (secondary N) is 1. The SMILES string of the molecule is CCN1C(=O)C(C)S/C1=C(/C#N)C(=O)NC1CC1. The van der Waals surface area contributed by atoms with Crippen LogP contribution >= 0.6 is 11.8 Å². The van der Waals surface area contributed by atoms with Crippen molar-refractivity contribution >= 4 is 23.6 Å². The summed E-state index contributed by atoms with van der Waals surface area (Å²) in [6, 6.07) is 2.14. The maximum absolute atomic E-state index is 11.9. The number of thioether (sulfide) groups is 1. The smallest absolute Gasteiger partial charge is 0.264 e. The van der Waals surface area contributed by atoms with Gasteiger partial charge in [-0.3, -0.25) is 9.59 Å². The van der Waals surface area contributed by atoms with Crippen molar-refractivity contribution in [1.29, 1.82) is 5.26 Å². The molecule has 2 fully saturated rings. The summed E-state index contributed by atoms with van der Waals surface area (Å²) in [7, 11) is 0. The summed E-state index contributed by atoms with van der Waals surface area (Å²) < 4.78 is 0. The predicted molar refractivity (Wildman–Crippen MR) is 68.2 cm³/mol. The molecule has 0 radical (unpaired) electrons. The minimum atomic E-state index is -0.358. The first-order valence-corrected chi connectivity index (χ1v) is 6.89. The van der Waals surface area contributed by atoms with Gasteiger partial charge < -0.3 is 10.2 Å². The highest BCUT2D eigenvalue weighted by molar-refractivity contribution is 8.04. The molecule has 2 amide bonds. The molecule has 18 heavy (non-hydrogen) atoms. The maximum Gasteiger partial charge on any atom is 0.264 e. The summed E-state index contributed by atoms with van der Waals surface area (Å²) in [5, 5.41) is 12.2. The first-order chi connectivity index (χ1) is 8.58. The van der Waals surface area contributed by atoms with Crippen molar-refractivity contribution < 1.29 is 9.59 Å². The molecule has 0 bridgehead atoms. The van der Waals surface area contributed by atoms with E-state index >= 15 is 0 Å². The van der Waals surface area contributed by atoms with Crippen LogP contribution in [0, 0.1) is 11.3 Å². The van der Waals surface area contributed by atoms with Gasteiger partial charge in [0.2, 0.25) is 5.91 Å². The molecule has 0 spiro atoms. The Morgan fingerprint density at radius 1 is 1.61 bits per heavy atom. The maximum atomic E-state index is 11.9. The van der Waals surface area contributed by atoms with Crippen molar-refractivity contribution in [2.45, 2.75) is 38.0 Å². The summed E-state index contributed by atoms with van der Waals surface area (Å²) in [4.78, 5) is 25.3. The van der Waals surface area contributed by atoms with Crippen molar-refractivity contribution in [3.8, 4) is 6.07 Å². The molecule has 1 aliphatic heterocycles. The molecule has 1 unspecified atom stereocenters. The molecule has 0 aromatic carbocycles. The molecule has 1 aliphatic carbocycles. The number of carbonyl (C=O) groups excluding carboxylic acids is 2. The topological polar surface area (TPSA) is 73.2 Å². The Kier molecular flexibility index (Phi) is 3.62. The first kappa shape index (κ1) is 13.0. The molecule has 0 aromatic heterocycles. The number of hydrogen-bond donors (Lipinski definition) is 1. The van der Waals surface area contributed by atoms with Gasteiger partial charge in [0, 0.05) is 12.6 Å². The monoisotopic (exact) mass is 265 g/mol. The fourth-order valence-electron chi connectivity index (χ4n) is 1.78. The minimum Gasteiger partial charge on any atom is -0.349 e. The summed E-state index contributed by atoms with van der Waals surface area (Å²) >= 11 is 1.29. The van der Waals surface area contributed by atoms with Crippen LogP contribution in [0.4, 0.5) is 0 Å². The Balaban J connectivity index is 2.27. The zero-order chi connectivity index (χ0) is 13.3. The Hall–Kier alpha value is -1.48. The quantitative estimate of drug-likeness (QED) is 0.610. The lowest BCUT2D eigenvalue weighted by molar-refractivity contribution is -0.127. The number of nitriles is 1. The molecule has 1 N–H and O–H groups in total. The zero-order valence-corrected chi connectivity index (χ0v) is 11.2. The first-order valence-electron chi connectivity index (χ1n) is 6.01. The molecule has 1 saturated heterocycles. The van der Waals surface area contributed by atoms with Crippen LogP contribution in [0.1, 0.15) is 26.7 Å². The highest BCUT2D eigenvalue weighted by atomic mass is 32.2. The Morgan fingerprint density at radius 3 is 2.78 bits per heavy atom. The third kappa shape index (κ3) is 2.36.